The van der Waals surface area contributed by atoms with Gasteiger partial charge in [-0.25, -0.2) is 0 Å². The van der Waals surface area contributed by atoms with Gasteiger partial charge in [0.25, 0.3) is 0 Å². The lowest BCUT2D eigenvalue weighted by Gasteiger charge is -2.09. The fraction of sp³-hybridized carbons (Fsp3) is 0.750. The third-order valence-corrected chi connectivity index (χ3v) is 1.06. The first-order chi connectivity index (χ1) is 5.57. The van der Waals surface area contributed by atoms with Gasteiger partial charge in [0.2, 0.25) is 11.8 Å². The van der Waals surface area contributed by atoms with E-state index in [-0.39, 0.29) is 11.8 Å². The molecule has 2 N–H and O–H groups in total. The lowest BCUT2D eigenvalue weighted by atomic mass is 10.3. The van der Waals surface area contributed by atoms with Gasteiger partial charge >= 0.3 is 0 Å². The molecule has 0 rings (SSSR count). The van der Waals surface area contributed by atoms with Crippen LogP contribution in [0.4, 0.5) is 0 Å². The van der Waals surface area contributed by atoms with Crippen molar-refractivity contribution in [3.8, 4) is 0 Å². The molecule has 0 aromatic rings. The molecule has 4 nitrogen and oxygen atoms in total. The smallest absolute Gasteiger partial charge is 0.242 e. The molecule has 0 aromatic carbocycles. The van der Waals surface area contributed by atoms with Crippen molar-refractivity contribution in [1.29, 1.82) is 0 Å². The minimum Gasteiger partial charge on any atom is -0.357 e. The fourth-order valence-electron chi connectivity index (χ4n) is 0.587. The molecule has 2 amide bonds. The highest BCUT2D eigenvalue weighted by atomic mass is 16.2. The molecule has 0 saturated heterocycles. The number of nitrogens with one attached hydrogen (secondary N) is 2. The number of rotatable bonds is 2. The summed E-state index contributed by atoms with van der Waals surface area (Å²) < 4.78 is 0. The average molecular weight is 174 g/mol. The number of carbonyl (C=O) groups is 2. The summed E-state index contributed by atoms with van der Waals surface area (Å²) in [6.07, 6.45) is 0. The van der Waals surface area contributed by atoms with Gasteiger partial charge in [-0.2, -0.15) is 0 Å². The molecule has 1 unspecified atom stereocenters. The zero-order valence-corrected chi connectivity index (χ0v) is 8.39. The lowest BCUT2D eigenvalue weighted by Crippen LogP contribution is -2.42. The standard InChI is InChI=1S/C6H12N2O2.C2H6/c1-4(6(10)7-3)8-5(2)9;1-2/h4H,1-3H3,(H,7,10)(H,8,9);1-2H3. The predicted octanol–water partition coefficient (Wildman–Crippen LogP) is 0.283. The molecule has 0 fully saturated rings. The Morgan fingerprint density at radius 1 is 1.25 bits per heavy atom. The summed E-state index contributed by atoms with van der Waals surface area (Å²) in [7, 11) is 1.53. The normalized spacial score (nSPS) is 10.4. The Hall–Kier alpha value is -1.06. The first kappa shape index (κ1) is 13.5. The highest BCUT2D eigenvalue weighted by Gasteiger charge is 2.09. The highest BCUT2D eigenvalue weighted by molar-refractivity contribution is 5.86. The molecule has 0 aliphatic carbocycles. The van der Waals surface area contributed by atoms with Gasteiger partial charge in [0, 0.05) is 14.0 Å². The van der Waals surface area contributed by atoms with Crippen molar-refractivity contribution in [3.05, 3.63) is 0 Å². The average Bonchev–Trinajstić information content (AvgIpc) is 2.05. The number of hydrogen-bond donors (Lipinski definition) is 2. The van der Waals surface area contributed by atoms with E-state index in [9.17, 15) is 9.59 Å². The Kier molecular flexibility index (Phi) is 9.06. The second-order valence-corrected chi connectivity index (χ2v) is 2.04. The summed E-state index contributed by atoms with van der Waals surface area (Å²) in [6, 6.07) is -0.442. The van der Waals surface area contributed by atoms with Crippen molar-refractivity contribution < 1.29 is 9.59 Å². The molecule has 72 valence electrons. The summed E-state index contributed by atoms with van der Waals surface area (Å²) in [5.41, 5.74) is 0. The molecule has 0 aliphatic heterocycles. The molecule has 0 aromatic heterocycles. The molecular weight excluding hydrogens is 156 g/mol. The largest absolute Gasteiger partial charge is 0.357 e. The summed E-state index contributed by atoms with van der Waals surface area (Å²) in [5.74, 6) is -0.383. The van der Waals surface area contributed by atoms with E-state index in [1.807, 2.05) is 13.8 Å². The van der Waals surface area contributed by atoms with Gasteiger partial charge in [0.05, 0.1) is 0 Å². The molecule has 0 saturated carbocycles. The third-order valence-electron chi connectivity index (χ3n) is 1.06. The maximum absolute atomic E-state index is 10.7. The monoisotopic (exact) mass is 174 g/mol. The zero-order valence-electron chi connectivity index (χ0n) is 8.39. The second-order valence-electron chi connectivity index (χ2n) is 2.04. The molecule has 1 atom stereocenters. The predicted molar refractivity (Wildman–Crippen MR) is 48.7 cm³/mol. The van der Waals surface area contributed by atoms with Crippen molar-refractivity contribution in [2.75, 3.05) is 7.05 Å². The maximum Gasteiger partial charge on any atom is 0.242 e. The van der Waals surface area contributed by atoms with Crippen LogP contribution in [0.2, 0.25) is 0 Å². The molecular formula is C8H18N2O2. The van der Waals surface area contributed by atoms with E-state index in [2.05, 4.69) is 10.6 Å². The van der Waals surface area contributed by atoms with Crippen molar-refractivity contribution in [2.24, 2.45) is 0 Å². The summed E-state index contributed by atoms with van der Waals surface area (Å²) >= 11 is 0. The maximum atomic E-state index is 10.7. The van der Waals surface area contributed by atoms with Gasteiger partial charge in [-0.05, 0) is 6.92 Å². The Labute approximate surface area is 73.7 Å². The second kappa shape index (κ2) is 8.04. The molecule has 0 bridgehead atoms. The van der Waals surface area contributed by atoms with E-state index in [0.717, 1.165) is 0 Å². The fourth-order valence-corrected chi connectivity index (χ4v) is 0.587. The van der Waals surface area contributed by atoms with Crippen LogP contribution in [-0.2, 0) is 9.59 Å². The molecule has 0 spiro atoms. The van der Waals surface area contributed by atoms with Crippen molar-refractivity contribution in [2.45, 2.75) is 33.7 Å². The number of amides is 2. The SMILES string of the molecule is CC.CNC(=O)C(C)NC(C)=O. The Bertz CT molecular complexity index is 146. The van der Waals surface area contributed by atoms with Crippen molar-refractivity contribution in [3.63, 3.8) is 0 Å². The quantitative estimate of drug-likeness (QED) is 0.632. The molecule has 12 heavy (non-hydrogen) atoms. The topological polar surface area (TPSA) is 58.2 Å². The van der Waals surface area contributed by atoms with Crippen LogP contribution in [0.25, 0.3) is 0 Å². The Morgan fingerprint density at radius 2 is 1.67 bits per heavy atom. The summed E-state index contributed by atoms with van der Waals surface area (Å²) in [4.78, 5) is 21.1. The number of hydrogen-bond acceptors (Lipinski definition) is 2. The molecule has 0 radical (unpaired) electrons. The van der Waals surface area contributed by atoms with Crippen LogP contribution in [0, 0.1) is 0 Å². The van der Waals surface area contributed by atoms with Crippen LogP contribution in [-0.4, -0.2) is 24.9 Å². The summed E-state index contributed by atoms with van der Waals surface area (Å²) in [6.45, 7) is 7.00. The zero-order chi connectivity index (χ0) is 10.1. The van der Waals surface area contributed by atoms with Crippen LogP contribution in [0.5, 0.6) is 0 Å². The van der Waals surface area contributed by atoms with Crippen LogP contribution in [0.3, 0.4) is 0 Å². The van der Waals surface area contributed by atoms with E-state index in [1.165, 1.54) is 14.0 Å². The summed E-state index contributed by atoms with van der Waals surface area (Å²) in [5, 5.41) is 4.86. The van der Waals surface area contributed by atoms with Gasteiger partial charge in [0.1, 0.15) is 6.04 Å². The van der Waals surface area contributed by atoms with Crippen LogP contribution >= 0.6 is 0 Å². The van der Waals surface area contributed by atoms with Crippen LogP contribution in [0.15, 0.2) is 0 Å². The minimum absolute atomic E-state index is 0.185. The van der Waals surface area contributed by atoms with E-state index < -0.39 is 6.04 Å². The number of likely N-dealkylation sites (N-methyl/N-ethyl adjacent to an activating group) is 1. The molecule has 0 heterocycles. The highest BCUT2D eigenvalue weighted by Crippen LogP contribution is 1.79. The van der Waals surface area contributed by atoms with E-state index in [4.69, 9.17) is 0 Å². The van der Waals surface area contributed by atoms with Gasteiger partial charge in [-0.3, -0.25) is 9.59 Å². The Morgan fingerprint density at radius 3 is 1.92 bits per heavy atom. The first-order valence-electron chi connectivity index (χ1n) is 4.06. The van der Waals surface area contributed by atoms with E-state index >= 15 is 0 Å². The Balaban J connectivity index is 0. The minimum atomic E-state index is -0.442. The van der Waals surface area contributed by atoms with Gasteiger partial charge in [0.15, 0.2) is 0 Å². The first-order valence-corrected chi connectivity index (χ1v) is 4.06. The van der Waals surface area contributed by atoms with Gasteiger partial charge in [-0.1, -0.05) is 13.8 Å². The van der Waals surface area contributed by atoms with Crippen LogP contribution in [0.1, 0.15) is 27.7 Å². The van der Waals surface area contributed by atoms with Gasteiger partial charge in [-0.15, -0.1) is 0 Å². The lowest BCUT2D eigenvalue weighted by molar-refractivity contribution is -0.127. The number of carbonyl (C=O) groups excluding carboxylic acids is 2. The van der Waals surface area contributed by atoms with Crippen molar-refractivity contribution >= 4 is 11.8 Å². The molecule has 4 heteroatoms. The van der Waals surface area contributed by atoms with Crippen molar-refractivity contribution in [1.82, 2.24) is 10.6 Å². The van der Waals surface area contributed by atoms with Crippen LogP contribution < -0.4 is 10.6 Å². The van der Waals surface area contributed by atoms with Gasteiger partial charge < -0.3 is 10.6 Å². The van der Waals surface area contributed by atoms with E-state index in [0.29, 0.717) is 0 Å². The molecule has 0 aliphatic rings. The van der Waals surface area contributed by atoms with E-state index in [1.54, 1.807) is 6.92 Å². The third kappa shape index (κ3) is 7.05.